The molecule has 1 N–H and O–H groups in total. The first-order valence-electron chi connectivity index (χ1n) is 7.70. The maximum Gasteiger partial charge on any atom is 0.244 e. The predicted molar refractivity (Wildman–Crippen MR) is 86.8 cm³/mol. The Hall–Kier alpha value is -0.850. The Morgan fingerprint density at radius 1 is 1.33 bits per heavy atom. The van der Waals surface area contributed by atoms with Crippen molar-refractivity contribution in [2.75, 3.05) is 14.1 Å². The number of rotatable bonds is 9. The molecule has 0 radical (unpaired) electrons. The highest BCUT2D eigenvalue weighted by Crippen LogP contribution is 2.21. The summed E-state index contributed by atoms with van der Waals surface area (Å²) >= 11 is 0. The molecule has 6 heteroatoms. The summed E-state index contributed by atoms with van der Waals surface area (Å²) < 4.78 is 29.0. The van der Waals surface area contributed by atoms with Crippen molar-refractivity contribution in [2.45, 2.75) is 64.1 Å². The summed E-state index contributed by atoms with van der Waals surface area (Å²) in [4.78, 5) is 0.395. The van der Waals surface area contributed by atoms with Gasteiger partial charge in [0, 0.05) is 38.1 Å². The van der Waals surface area contributed by atoms with E-state index in [1.54, 1.807) is 19.3 Å². The molecular formula is C15H29N3O2S. The van der Waals surface area contributed by atoms with Gasteiger partial charge in [0.15, 0.2) is 0 Å². The second-order valence-electron chi connectivity index (χ2n) is 5.55. The highest BCUT2D eigenvalue weighted by molar-refractivity contribution is 7.89. The van der Waals surface area contributed by atoms with E-state index in [1.165, 1.54) is 4.31 Å². The van der Waals surface area contributed by atoms with Crippen molar-refractivity contribution in [2.24, 2.45) is 0 Å². The molecule has 1 unspecified atom stereocenters. The molecule has 122 valence electrons. The van der Waals surface area contributed by atoms with Crippen LogP contribution >= 0.6 is 0 Å². The largest absolute Gasteiger partial charge is 0.349 e. The van der Waals surface area contributed by atoms with Gasteiger partial charge in [0.25, 0.3) is 0 Å². The molecule has 0 aliphatic rings. The van der Waals surface area contributed by atoms with Crippen LogP contribution in [0.2, 0.25) is 0 Å². The molecule has 0 saturated carbocycles. The number of nitrogens with one attached hydrogen (secondary N) is 1. The summed E-state index contributed by atoms with van der Waals surface area (Å²) in [5, 5.41) is 3.09. The maximum atomic E-state index is 12.7. The summed E-state index contributed by atoms with van der Waals surface area (Å²) in [6.45, 7) is 7.62. The average Bonchev–Trinajstić information content (AvgIpc) is 2.83. The van der Waals surface area contributed by atoms with Gasteiger partial charge in [0.2, 0.25) is 10.0 Å². The number of nitrogens with zero attached hydrogens (tertiary/aromatic N) is 2. The second kappa shape index (κ2) is 7.96. The van der Waals surface area contributed by atoms with Crippen molar-refractivity contribution >= 4 is 10.0 Å². The van der Waals surface area contributed by atoms with Crippen LogP contribution in [0.1, 0.15) is 45.7 Å². The van der Waals surface area contributed by atoms with Crippen LogP contribution in [0.15, 0.2) is 17.2 Å². The molecule has 5 nitrogen and oxygen atoms in total. The van der Waals surface area contributed by atoms with Gasteiger partial charge in [-0.2, -0.15) is 4.31 Å². The van der Waals surface area contributed by atoms with Gasteiger partial charge < -0.3 is 9.88 Å². The topological polar surface area (TPSA) is 54.3 Å². The second-order valence-corrected chi connectivity index (χ2v) is 7.55. The number of hydrogen-bond donors (Lipinski definition) is 1. The zero-order chi connectivity index (χ0) is 16.0. The van der Waals surface area contributed by atoms with Crippen LogP contribution < -0.4 is 5.32 Å². The summed E-state index contributed by atoms with van der Waals surface area (Å²) in [5.74, 6) is 0. The molecule has 1 heterocycles. The third-order valence-corrected chi connectivity index (χ3v) is 5.72. The average molecular weight is 315 g/mol. The third-order valence-electron chi connectivity index (χ3n) is 3.79. The van der Waals surface area contributed by atoms with Crippen LogP contribution in [-0.2, 0) is 23.1 Å². The van der Waals surface area contributed by atoms with E-state index in [0.717, 1.165) is 31.5 Å². The first-order chi connectivity index (χ1) is 9.88. The Balaban J connectivity index is 3.10. The highest BCUT2D eigenvalue weighted by Gasteiger charge is 2.26. The Morgan fingerprint density at radius 2 is 2.00 bits per heavy atom. The van der Waals surface area contributed by atoms with Crippen molar-refractivity contribution < 1.29 is 8.42 Å². The van der Waals surface area contributed by atoms with Crippen molar-refractivity contribution in [3.05, 3.63) is 18.0 Å². The van der Waals surface area contributed by atoms with Gasteiger partial charge in [-0.15, -0.1) is 0 Å². The van der Waals surface area contributed by atoms with Gasteiger partial charge in [0.05, 0.1) is 0 Å². The molecule has 0 amide bonds. The number of sulfonamides is 1. The highest BCUT2D eigenvalue weighted by atomic mass is 32.2. The van der Waals surface area contributed by atoms with E-state index in [4.69, 9.17) is 0 Å². The van der Waals surface area contributed by atoms with E-state index in [-0.39, 0.29) is 6.04 Å². The molecule has 1 aromatic rings. The molecule has 0 aromatic carbocycles. The van der Waals surface area contributed by atoms with Crippen molar-refractivity contribution in [1.29, 1.82) is 0 Å². The van der Waals surface area contributed by atoms with E-state index >= 15 is 0 Å². The van der Waals surface area contributed by atoms with Crippen LogP contribution in [-0.4, -0.2) is 37.4 Å². The zero-order valence-electron chi connectivity index (χ0n) is 13.9. The Labute approximate surface area is 129 Å². The van der Waals surface area contributed by atoms with Gasteiger partial charge in [-0.1, -0.05) is 20.3 Å². The molecule has 0 spiro atoms. The molecule has 1 aromatic heterocycles. The van der Waals surface area contributed by atoms with E-state index in [1.807, 2.05) is 18.5 Å². The SMILES string of the molecule is CCCC(C)N(C)S(=O)(=O)c1cc(CNC)n(CCC)c1. The Morgan fingerprint density at radius 3 is 2.52 bits per heavy atom. The minimum atomic E-state index is -3.41. The van der Waals surface area contributed by atoms with Gasteiger partial charge in [0.1, 0.15) is 4.90 Å². The zero-order valence-corrected chi connectivity index (χ0v) is 14.7. The standard InChI is InChI=1S/C15H29N3O2S/c1-6-8-13(3)17(5)21(19,20)15-10-14(11-16-4)18(12-15)9-7-2/h10,12-13,16H,6-9,11H2,1-5H3. The van der Waals surface area contributed by atoms with E-state index in [0.29, 0.717) is 11.4 Å². The monoisotopic (exact) mass is 315 g/mol. The maximum absolute atomic E-state index is 12.7. The van der Waals surface area contributed by atoms with Crippen molar-refractivity contribution in [3.63, 3.8) is 0 Å². The minimum absolute atomic E-state index is 0.0160. The summed E-state index contributed by atoms with van der Waals surface area (Å²) in [5.41, 5.74) is 1.01. The first-order valence-corrected chi connectivity index (χ1v) is 9.14. The van der Waals surface area contributed by atoms with Crippen molar-refractivity contribution in [1.82, 2.24) is 14.2 Å². The molecule has 0 saturated heterocycles. The normalized spacial score (nSPS) is 13.8. The van der Waals surface area contributed by atoms with Gasteiger partial charge in [-0.3, -0.25) is 0 Å². The number of hydrogen-bond acceptors (Lipinski definition) is 3. The van der Waals surface area contributed by atoms with Crippen molar-refractivity contribution in [3.8, 4) is 0 Å². The van der Waals surface area contributed by atoms with E-state index in [2.05, 4.69) is 19.2 Å². The van der Waals surface area contributed by atoms with E-state index in [9.17, 15) is 8.42 Å². The molecule has 0 aliphatic carbocycles. The van der Waals surface area contributed by atoms with Gasteiger partial charge in [-0.25, -0.2) is 8.42 Å². The van der Waals surface area contributed by atoms with E-state index < -0.39 is 10.0 Å². The van der Waals surface area contributed by atoms with Gasteiger partial charge in [-0.05, 0) is 32.9 Å². The van der Waals surface area contributed by atoms with Gasteiger partial charge >= 0.3 is 0 Å². The fourth-order valence-electron chi connectivity index (χ4n) is 2.45. The Bertz CT molecular complexity index is 514. The smallest absolute Gasteiger partial charge is 0.244 e. The fourth-order valence-corrected chi connectivity index (χ4v) is 3.90. The fraction of sp³-hybridized carbons (Fsp3) is 0.733. The summed E-state index contributed by atoms with van der Waals surface area (Å²) in [7, 11) is 0.125. The molecular weight excluding hydrogens is 286 g/mol. The van der Waals surface area contributed by atoms with Crippen LogP contribution in [0.4, 0.5) is 0 Å². The minimum Gasteiger partial charge on any atom is -0.349 e. The Kier molecular flexibility index (Phi) is 6.90. The lowest BCUT2D eigenvalue weighted by atomic mass is 10.2. The molecule has 1 atom stereocenters. The van der Waals surface area contributed by atoms with Crippen LogP contribution in [0.25, 0.3) is 0 Å². The quantitative estimate of drug-likeness (QED) is 0.761. The molecule has 0 aliphatic heterocycles. The van der Waals surface area contributed by atoms with Crippen LogP contribution in [0.3, 0.4) is 0 Å². The third kappa shape index (κ3) is 4.31. The molecule has 0 fully saturated rings. The summed E-state index contributed by atoms with van der Waals surface area (Å²) in [6.07, 6.45) is 4.59. The number of aryl methyl sites for hydroxylation is 1. The first kappa shape index (κ1) is 18.2. The lowest BCUT2D eigenvalue weighted by molar-refractivity contribution is 0.368. The molecule has 0 bridgehead atoms. The molecule has 1 rings (SSSR count). The predicted octanol–water partition coefficient (Wildman–Crippen LogP) is 2.43. The summed E-state index contributed by atoms with van der Waals surface area (Å²) in [6, 6.07) is 1.80. The lowest BCUT2D eigenvalue weighted by Crippen LogP contribution is -2.34. The van der Waals surface area contributed by atoms with Crippen LogP contribution in [0.5, 0.6) is 0 Å². The number of aromatic nitrogens is 1. The molecule has 21 heavy (non-hydrogen) atoms. The van der Waals surface area contributed by atoms with Crippen LogP contribution in [0, 0.1) is 0 Å². The lowest BCUT2D eigenvalue weighted by Gasteiger charge is -2.23.